The minimum Gasteiger partial charge on any atom is -0.356 e. The first-order chi connectivity index (χ1) is 10.2. The van der Waals surface area contributed by atoms with Crippen molar-refractivity contribution >= 4 is 53.5 Å². The molecular formula is C13H27IN6S2. The van der Waals surface area contributed by atoms with Gasteiger partial charge >= 0.3 is 0 Å². The van der Waals surface area contributed by atoms with Crippen molar-refractivity contribution in [3.05, 3.63) is 11.6 Å². The summed E-state index contributed by atoms with van der Waals surface area (Å²) >= 11 is 3.69. The Balaban J connectivity index is 0.00000441. The van der Waals surface area contributed by atoms with Gasteiger partial charge in [-0.1, -0.05) is 0 Å². The first kappa shape index (κ1) is 21.8. The molecule has 0 spiro atoms. The zero-order valence-corrected chi connectivity index (χ0v) is 17.7. The smallest absolute Gasteiger partial charge is 0.191 e. The van der Waals surface area contributed by atoms with Crippen LogP contribution in [-0.2, 0) is 13.6 Å². The number of nitrogens with one attached hydrogen (secondary N) is 2. The van der Waals surface area contributed by atoms with E-state index in [1.54, 1.807) is 0 Å². The number of aromatic nitrogens is 3. The molecule has 0 aliphatic rings. The van der Waals surface area contributed by atoms with Crippen molar-refractivity contribution in [1.82, 2.24) is 25.4 Å². The highest BCUT2D eigenvalue weighted by Gasteiger charge is 2.04. The van der Waals surface area contributed by atoms with Gasteiger partial charge in [-0.3, -0.25) is 0 Å². The molecule has 0 atom stereocenters. The number of aryl methyl sites for hydroxylation is 1. The second kappa shape index (κ2) is 13.3. The number of thioether (sulfide) groups is 2. The van der Waals surface area contributed by atoms with Crippen molar-refractivity contribution < 1.29 is 0 Å². The second-order valence-electron chi connectivity index (χ2n) is 4.58. The van der Waals surface area contributed by atoms with Crippen LogP contribution in [0.25, 0.3) is 0 Å². The zero-order valence-electron chi connectivity index (χ0n) is 13.8. The second-order valence-corrected chi connectivity index (χ2v) is 6.55. The average Bonchev–Trinajstić information content (AvgIpc) is 2.80. The molecule has 1 rings (SSSR count). The molecule has 9 heteroatoms. The van der Waals surface area contributed by atoms with Crippen LogP contribution in [0.4, 0.5) is 0 Å². The van der Waals surface area contributed by atoms with Gasteiger partial charge in [0.1, 0.15) is 12.4 Å². The number of rotatable bonds is 9. The molecule has 0 radical (unpaired) electrons. The summed E-state index contributed by atoms with van der Waals surface area (Å²) < 4.78 is 1.97. The van der Waals surface area contributed by atoms with Gasteiger partial charge in [0.25, 0.3) is 0 Å². The van der Waals surface area contributed by atoms with E-state index in [4.69, 9.17) is 0 Å². The number of nitrogens with zero attached hydrogens (tertiary/aromatic N) is 4. The van der Waals surface area contributed by atoms with Gasteiger partial charge in [0.05, 0.1) is 0 Å². The molecule has 1 aromatic heterocycles. The summed E-state index contributed by atoms with van der Waals surface area (Å²) in [6, 6.07) is 0. The van der Waals surface area contributed by atoms with E-state index in [2.05, 4.69) is 38.3 Å². The molecule has 0 fully saturated rings. The Labute approximate surface area is 159 Å². The van der Waals surface area contributed by atoms with Crippen molar-refractivity contribution in [2.45, 2.75) is 19.9 Å². The largest absolute Gasteiger partial charge is 0.356 e. The first-order valence-electron chi connectivity index (χ1n) is 7.04. The lowest BCUT2D eigenvalue weighted by Crippen LogP contribution is -2.39. The summed E-state index contributed by atoms with van der Waals surface area (Å²) in [5, 5.41) is 14.9. The van der Waals surface area contributed by atoms with Crippen molar-refractivity contribution in [3.8, 4) is 0 Å². The van der Waals surface area contributed by atoms with E-state index in [0.29, 0.717) is 6.54 Å². The Morgan fingerprint density at radius 2 is 1.82 bits per heavy atom. The molecule has 0 aliphatic carbocycles. The van der Waals surface area contributed by atoms with Crippen LogP contribution >= 0.6 is 47.5 Å². The molecule has 0 unspecified atom stereocenters. The summed E-state index contributed by atoms with van der Waals surface area (Å²) in [5.41, 5.74) is 0. The lowest BCUT2D eigenvalue weighted by atomic mass is 10.5. The Morgan fingerprint density at radius 3 is 2.41 bits per heavy atom. The number of hydrogen-bond donors (Lipinski definition) is 2. The number of halogens is 1. The van der Waals surface area contributed by atoms with Crippen LogP contribution in [0.5, 0.6) is 0 Å². The molecule has 1 aromatic rings. The highest BCUT2D eigenvalue weighted by atomic mass is 127. The molecule has 0 saturated carbocycles. The van der Waals surface area contributed by atoms with Crippen LogP contribution in [0.15, 0.2) is 4.99 Å². The molecule has 0 aromatic carbocycles. The van der Waals surface area contributed by atoms with Crippen LogP contribution in [0.1, 0.15) is 18.1 Å². The quantitative estimate of drug-likeness (QED) is 0.255. The molecule has 128 valence electrons. The predicted molar refractivity (Wildman–Crippen MR) is 110 cm³/mol. The molecule has 0 aliphatic heterocycles. The molecular weight excluding hydrogens is 431 g/mol. The van der Waals surface area contributed by atoms with E-state index >= 15 is 0 Å². The van der Waals surface area contributed by atoms with Crippen LogP contribution in [0.3, 0.4) is 0 Å². The normalized spacial score (nSPS) is 11.2. The van der Waals surface area contributed by atoms with Gasteiger partial charge in [-0.25, -0.2) is 4.99 Å². The van der Waals surface area contributed by atoms with Gasteiger partial charge in [0.2, 0.25) is 0 Å². The maximum atomic E-state index is 4.59. The van der Waals surface area contributed by atoms with Crippen LogP contribution in [-0.4, -0.2) is 57.8 Å². The Kier molecular flexibility index (Phi) is 13.2. The third-order valence-corrected chi connectivity index (χ3v) is 4.29. The highest BCUT2D eigenvalue weighted by molar-refractivity contribution is 14.0. The lowest BCUT2D eigenvalue weighted by molar-refractivity contribution is 0.752. The summed E-state index contributed by atoms with van der Waals surface area (Å²) in [4.78, 5) is 4.59. The van der Waals surface area contributed by atoms with Crippen LogP contribution < -0.4 is 10.6 Å². The molecule has 1 heterocycles. The SMILES string of the molecule is CSCCCNC(=NCc1nnc(C)n1C)NCCSC.I. The van der Waals surface area contributed by atoms with Crippen molar-refractivity contribution in [3.63, 3.8) is 0 Å². The fourth-order valence-corrected chi connectivity index (χ4v) is 2.35. The molecule has 6 nitrogen and oxygen atoms in total. The number of aliphatic imine (C=N–C) groups is 1. The van der Waals surface area contributed by atoms with Crippen LogP contribution in [0.2, 0.25) is 0 Å². The Hall–Kier alpha value is -0.160. The van der Waals surface area contributed by atoms with E-state index in [-0.39, 0.29) is 24.0 Å². The Bertz CT molecular complexity index is 438. The fraction of sp³-hybridized carbons (Fsp3) is 0.769. The Morgan fingerprint density at radius 1 is 1.14 bits per heavy atom. The van der Waals surface area contributed by atoms with Gasteiger partial charge in [-0.15, -0.1) is 34.2 Å². The van der Waals surface area contributed by atoms with E-state index in [1.165, 1.54) is 0 Å². The minimum absolute atomic E-state index is 0. The first-order valence-corrected chi connectivity index (χ1v) is 9.82. The van der Waals surface area contributed by atoms with Gasteiger partial charge in [-0.05, 0) is 31.6 Å². The number of hydrogen-bond acceptors (Lipinski definition) is 5. The summed E-state index contributed by atoms with van der Waals surface area (Å²) in [6.45, 7) is 4.32. The third kappa shape index (κ3) is 8.47. The van der Waals surface area contributed by atoms with Gasteiger partial charge in [0, 0.05) is 25.9 Å². The average molecular weight is 458 g/mol. The van der Waals surface area contributed by atoms with Gasteiger partial charge < -0.3 is 15.2 Å². The lowest BCUT2D eigenvalue weighted by Gasteiger charge is -2.12. The van der Waals surface area contributed by atoms with E-state index in [0.717, 1.165) is 48.6 Å². The van der Waals surface area contributed by atoms with E-state index in [1.807, 2.05) is 42.1 Å². The van der Waals surface area contributed by atoms with E-state index < -0.39 is 0 Å². The van der Waals surface area contributed by atoms with Crippen molar-refractivity contribution in [1.29, 1.82) is 0 Å². The topological polar surface area (TPSA) is 67.1 Å². The van der Waals surface area contributed by atoms with Crippen molar-refractivity contribution in [2.24, 2.45) is 12.0 Å². The molecule has 0 saturated heterocycles. The minimum atomic E-state index is 0. The van der Waals surface area contributed by atoms with Crippen molar-refractivity contribution in [2.75, 3.05) is 37.1 Å². The van der Waals surface area contributed by atoms with Gasteiger partial charge in [0.15, 0.2) is 11.8 Å². The molecule has 0 amide bonds. The zero-order chi connectivity index (χ0) is 15.5. The third-order valence-electron chi connectivity index (χ3n) is 2.98. The monoisotopic (exact) mass is 458 g/mol. The summed E-state index contributed by atoms with van der Waals surface area (Å²) in [7, 11) is 1.97. The van der Waals surface area contributed by atoms with Crippen LogP contribution in [0, 0.1) is 6.92 Å². The summed E-state index contributed by atoms with van der Waals surface area (Å²) in [6.07, 6.45) is 5.36. The fourth-order valence-electron chi connectivity index (χ4n) is 1.61. The maximum Gasteiger partial charge on any atom is 0.191 e. The standard InChI is InChI=1S/C13H26N6S2.HI/c1-11-17-18-12(19(11)2)10-16-13(15-7-9-21-4)14-6-5-8-20-3;/h5-10H2,1-4H3,(H2,14,15,16);1H. The molecule has 2 N–H and O–H groups in total. The van der Waals surface area contributed by atoms with Gasteiger partial charge in [-0.2, -0.15) is 23.5 Å². The summed E-state index contributed by atoms with van der Waals surface area (Å²) in [5.74, 6) is 4.86. The highest BCUT2D eigenvalue weighted by Crippen LogP contribution is 1.99. The van der Waals surface area contributed by atoms with E-state index in [9.17, 15) is 0 Å². The number of guanidine groups is 1. The molecule has 0 bridgehead atoms. The maximum absolute atomic E-state index is 4.59. The predicted octanol–water partition coefficient (Wildman–Crippen LogP) is 1.89. The molecule has 22 heavy (non-hydrogen) atoms.